The van der Waals surface area contributed by atoms with Crippen molar-refractivity contribution in [3.05, 3.63) is 29.8 Å². The summed E-state index contributed by atoms with van der Waals surface area (Å²) in [6, 6.07) is 8.03. The predicted molar refractivity (Wildman–Crippen MR) is 75.3 cm³/mol. The second kappa shape index (κ2) is 6.40. The van der Waals surface area contributed by atoms with Crippen molar-refractivity contribution in [2.45, 2.75) is 51.9 Å². The van der Waals surface area contributed by atoms with Gasteiger partial charge in [0.15, 0.2) is 6.29 Å². The fraction of sp³-hybridized carbons (Fsp3) is 0.625. The lowest BCUT2D eigenvalue weighted by molar-refractivity contribution is -0.183. The molecule has 0 saturated carbocycles. The molecule has 0 atom stereocenters. The minimum absolute atomic E-state index is 0.117. The normalized spacial score (nSPS) is 17.4. The third-order valence-electron chi connectivity index (χ3n) is 3.23. The topological polar surface area (TPSA) is 27.7 Å². The molecule has 1 aromatic rings. The van der Waals surface area contributed by atoms with Crippen LogP contribution in [0.3, 0.4) is 0 Å². The van der Waals surface area contributed by atoms with Crippen LogP contribution in [0, 0.1) is 0 Å². The lowest BCUT2D eigenvalue weighted by Gasteiger charge is -2.27. The molecule has 0 bridgehead atoms. The van der Waals surface area contributed by atoms with E-state index >= 15 is 0 Å². The molecule has 0 radical (unpaired) electrons. The second-order valence-corrected chi connectivity index (χ2v) is 5.61. The first kappa shape index (κ1) is 14.4. The number of hydrogen-bond acceptors (Lipinski definition) is 3. The van der Waals surface area contributed by atoms with Crippen molar-refractivity contribution in [3.63, 3.8) is 0 Å². The Morgan fingerprint density at radius 3 is 2.37 bits per heavy atom. The third-order valence-corrected chi connectivity index (χ3v) is 3.23. The molecule has 0 spiro atoms. The molecule has 1 saturated heterocycles. The molecule has 0 N–H and O–H groups in total. The summed E-state index contributed by atoms with van der Waals surface area (Å²) in [5, 5.41) is 0. The van der Waals surface area contributed by atoms with Crippen molar-refractivity contribution in [1.82, 2.24) is 0 Å². The average Bonchev–Trinajstić information content (AvgIpc) is 2.40. The maximum Gasteiger partial charge on any atom is 0.183 e. The van der Waals surface area contributed by atoms with Gasteiger partial charge in [-0.15, -0.1) is 0 Å². The average molecular weight is 264 g/mol. The molecule has 2 rings (SSSR count). The van der Waals surface area contributed by atoms with Gasteiger partial charge in [0.1, 0.15) is 11.4 Å². The standard InChI is InChI=1S/C16H24O3/c1-4-10-16(2,3)19-14-8-6-13(7-9-14)15-17-11-5-12-18-15/h6-9,15H,4-5,10-12H2,1-3H3. The summed E-state index contributed by atoms with van der Waals surface area (Å²) >= 11 is 0. The minimum atomic E-state index is -0.216. The van der Waals surface area contributed by atoms with E-state index in [0.29, 0.717) is 0 Å². The van der Waals surface area contributed by atoms with Crippen molar-refractivity contribution in [3.8, 4) is 5.75 Å². The Morgan fingerprint density at radius 2 is 1.79 bits per heavy atom. The second-order valence-electron chi connectivity index (χ2n) is 5.61. The Bertz CT molecular complexity index is 377. The van der Waals surface area contributed by atoms with E-state index in [2.05, 4.69) is 20.8 Å². The zero-order chi connectivity index (χ0) is 13.7. The maximum absolute atomic E-state index is 6.00. The number of rotatable bonds is 5. The number of hydrogen-bond donors (Lipinski definition) is 0. The Kier molecular flexibility index (Phi) is 4.83. The fourth-order valence-corrected chi connectivity index (χ4v) is 2.35. The molecule has 1 aliphatic heterocycles. The van der Waals surface area contributed by atoms with Crippen LogP contribution in [-0.2, 0) is 9.47 Å². The minimum Gasteiger partial charge on any atom is -0.488 e. The summed E-state index contributed by atoms with van der Waals surface area (Å²) in [4.78, 5) is 0. The molecule has 1 aromatic carbocycles. The molecule has 1 heterocycles. The zero-order valence-electron chi connectivity index (χ0n) is 12.1. The first-order chi connectivity index (χ1) is 9.11. The van der Waals surface area contributed by atoms with Gasteiger partial charge in [0, 0.05) is 5.56 Å². The quantitative estimate of drug-likeness (QED) is 0.802. The van der Waals surface area contributed by atoms with E-state index in [4.69, 9.17) is 14.2 Å². The number of ether oxygens (including phenoxy) is 3. The van der Waals surface area contributed by atoms with E-state index in [-0.39, 0.29) is 11.9 Å². The van der Waals surface area contributed by atoms with Crippen LogP contribution in [0.15, 0.2) is 24.3 Å². The monoisotopic (exact) mass is 264 g/mol. The van der Waals surface area contributed by atoms with Crippen LogP contribution in [-0.4, -0.2) is 18.8 Å². The van der Waals surface area contributed by atoms with Crippen LogP contribution >= 0.6 is 0 Å². The summed E-state index contributed by atoms with van der Waals surface area (Å²) in [5.74, 6) is 0.901. The molecule has 19 heavy (non-hydrogen) atoms. The molecule has 0 unspecified atom stereocenters. The lowest BCUT2D eigenvalue weighted by Crippen LogP contribution is -2.27. The Labute approximate surface area is 115 Å². The lowest BCUT2D eigenvalue weighted by atomic mass is 10.0. The van der Waals surface area contributed by atoms with Gasteiger partial charge in [-0.05, 0) is 38.8 Å². The van der Waals surface area contributed by atoms with Crippen molar-refractivity contribution in [2.75, 3.05) is 13.2 Å². The van der Waals surface area contributed by atoms with Crippen LogP contribution in [0.2, 0.25) is 0 Å². The van der Waals surface area contributed by atoms with Crippen LogP contribution in [0.1, 0.15) is 51.9 Å². The van der Waals surface area contributed by atoms with Gasteiger partial charge in [0.2, 0.25) is 0 Å². The van der Waals surface area contributed by atoms with Gasteiger partial charge in [-0.2, -0.15) is 0 Å². The molecule has 106 valence electrons. The van der Waals surface area contributed by atoms with Crippen LogP contribution in [0.5, 0.6) is 5.75 Å². The maximum atomic E-state index is 6.00. The largest absolute Gasteiger partial charge is 0.488 e. The highest BCUT2D eigenvalue weighted by molar-refractivity contribution is 5.28. The summed E-state index contributed by atoms with van der Waals surface area (Å²) in [6.45, 7) is 7.96. The molecule has 3 heteroatoms. The Morgan fingerprint density at radius 1 is 1.16 bits per heavy atom. The Hall–Kier alpha value is -1.06. The highest BCUT2D eigenvalue weighted by atomic mass is 16.7. The zero-order valence-corrected chi connectivity index (χ0v) is 12.1. The van der Waals surface area contributed by atoms with E-state index in [1.807, 2.05) is 24.3 Å². The van der Waals surface area contributed by atoms with E-state index in [9.17, 15) is 0 Å². The number of benzene rings is 1. The highest BCUT2D eigenvalue weighted by Crippen LogP contribution is 2.27. The first-order valence-corrected chi connectivity index (χ1v) is 7.13. The first-order valence-electron chi connectivity index (χ1n) is 7.13. The molecular formula is C16H24O3. The van der Waals surface area contributed by atoms with E-state index < -0.39 is 0 Å². The predicted octanol–water partition coefficient (Wildman–Crippen LogP) is 4.08. The van der Waals surface area contributed by atoms with Gasteiger partial charge in [0.25, 0.3) is 0 Å². The van der Waals surface area contributed by atoms with Gasteiger partial charge in [-0.1, -0.05) is 25.5 Å². The van der Waals surface area contributed by atoms with E-state index in [1.165, 1.54) is 0 Å². The van der Waals surface area contributed by atoms with Crippen LogP contribution in [0.4, 0.5) is 0 Å². The molecular weight excluding hydrogens is 240 g/mol. The van der Waals surface area contributed by atoms with Crippen molar-refractivity contribution in [1.29, 1.82) is 0 Å². The van der Waals surface area contributed by atoms with E-state index in [1.54, 1.807) is 0 Å². The molecule has 1 fully saturated rings. The van der Waals surface area contributed by atoms with Gasteiger partial charge in [-0.3, -0.25) is 0 Å². The highest BCUT2D eigenvalue weighted by Gasteiger charge is 2.19. The van der Waals surface area contributed by atoms with Crippen molar-refractivity contribution in [2.24, 2.45) is 0 Å². The summed E-state index contributed by atoms with van der Waals surface area (Å²) in [6.07, 6.45) is 2.92. The van der Waals surface area contributed by atoms with E-state index in [0.717, 1.165) is 43.8 Å². The molecule has 1 aliphatic rings. The van der Waals surface area contributed by atoms with Crippen molar-refractivity contribution < 1.29 is 14.2 Å². The van der Waals surface area contributed by atoms with Crippen LogP contribution in [0.25, 0.3) is 0 Å². The molecule has 0 aliphatic carbocycles. The smallest absolute Gasteiger partial charge is 0.183 e. The van der Waals surface area contributed by atoms with Gasteiger partial charge in [-0.25, -0.2) is 0 Å². The van der Waals surface area contributed by atoms with Crippen molar-refractivity contribution >= 4 is 0 Å². The molecule has 0 aromatic heterocycles. The Balaban J connectivity index is 1.97. The van der Waals surface area contributed by atoms with Gasteiger partial charge in [0.05, 0.1) is 13.2 Å². The molecule has 3 nitrogen and oxygen atoms in total. The molecule has 0 amide bonds. The van der Waals surface area contributed by atoms with Gasteiger partial charge >= 0.3 is 0 Å². The summed E-state index contributed by atoms with van der Waals surface area (Å²) < 4.78 is 17.2. The third kappa shape index (κ3) is 4.22. The summed E-state index contributed by atoms with van der Waals surface area (Å²) in [7, 11) is 0. The fourth-order valence-electron chi connectivity index (χ4n) is 2.35. The SMILES string of the molecule is CCCC(C)(C)Oc1ccc(C2OCCCO2)cc1. The van der Waals surface area contributed by atoms with Crippen LogP contribution < -0.4 is 4.74 Å². The summed E-state index contributed by atoms with van der Waals surface area (Å²) in [5.41, 5.74) is 0.939. The van der Waals surface area contributed by atoms with Gasteiger partial charge < -0.3 is 14.2 Å².